The monoisotopic (exact) mass is 288 g/mol. The molecule has 0 bridgehead atoms. The topological polar surface area (TPSA) is 113 Å². The summed E-state index contributed by atoms with van der Waals surface area (Å²) in [6, 6.07) is 5.61. The Morgan fingerprint density at radius 3 is 2.19 bits per heavy atom. The zero-order valence-electron chi connectivity index (χ0n) is 7.56. The van der Waals surface area contributed by atoms with Crippen molar-refractivity contribution in [2.45, 2.75) is 0 Å². The van der Waals surface area contributed by atoms with Crippen LogP contribution in [0.25, 0.3) is 0 Å². The van der Waals surface area contributed by atoms with Gasteiger partial charge < -0.3 is 14.3 Å². The van der Waals surface area contributed by atoms with Crippen molar-refractivity contribution in [3.05, 3.63) is 29.3 Å². The van der Waals surface area contributed by atoms with Crippen molar-refractivity contribution < 1.29 is 32.6 Å². The number of hydrogen-bond donors (Lipinski definition) is 3. The van der Waals surface area contributed by atoms with Crippen LogP contribution in [0.4, 0.5) is 0 Å². The van der Waals surface area contributed by atoms with Crippen molar-refractivity contribution in [2.24, 2.45) is 0 Å². The lowest BCUT2D eigenvalue weighted by molar-refractivity contribution is 0.229. The van der Waals surface area contributed by atoms with Crippen LogP contribution in [-0.2, 0) is 13.4 Å². The number of benzene rings is 1. The van der Waals surface area contributed by atoms with Crippen molar-refractivity contribution in [1.29, 1.82) is 0 Å². The summed E-state index contributed by atoms with van der Waals surface area (Å²) in [6.45, 7) is 0. The first-order chi connectivity index (χ1) is 7.20. The van der Waals surface area contributed by atoms with Gasteiger partial charge in [0.25, 0.3) is 0 Å². The van der Waals surface area contributed by atoms with Gasteiger partial charge in [0.15, 0.2) is 0 Å². The Kier molecular flexibility index (Phi) is 4.15. The smallest absolute Gasteiger partial charge is 0.402 e. The van der Waals surface area contributed by atoms with Crippen molar-refractivity contribution in [3.8, 4) is 5.75 Å². The maximum Gasteiger partial charge on any atom is 0.536 e. The van der Waals surface area contributed by atoms with Crippen LogP contribution in [0.3, 0.4) is 0 Å². The molecular formula is C6H7ClO7P2. The molecular weight excluding hydrogens is 281 g/mol. The van der Waals surface area contributed by atoms with E-state index in [2.05, 4.69) is 8.83 Å². The van der Waals surface area contributed by atoms with Gasteiger partial charge >= 0.3 is 15.6 Å². The molecule has 90 valence electrons. The van der Waals surface area contributed by atoms with Gasteiger partial charge in [-0.05, 0) is 12.1 Å². The van der Waals surface area contributed by atoms with Gasteiger partial charge in [-0.25, -0.2) is 9.13 Å². The van der Waals surface area contributed by atoms with Crippen LogP contribution in [0.2, 0.25) is 5.02 Å². The summed E-state index contributed by atoms with van der Waals surface area (Å²) in [5.74, 6) is -0.219. The molecule has 1 aromatic carbocycles. The quantitative estimate of drug-likeness (QED) is 0.725. The first kappa shape index (κ1) is 13.7. The maximum atomic E-state index is 11.1. The summed E-state index contributed by atoms with van der Waals surface area (Å²) in [7, 11) is -10.0. The fraction of sp³-hybridized carbons (Fsp3) is 0. The molecule has 1 atom stereocenters. The number of rotatable bonds is 4. The van der Waals surface area contributed by atoms with Gasteiger partial charge in [-0.1, -0.05) is 23.7 Å². The molecule has 10 heteroatoms. The lowest BCUT2D eigenvalue weighted by Crippen LogP contribution is -1.96. The Labute approximate surface area is 95.4 Å². The molecule has 3 N–H and O–H groups in total. The number of phosphoric ester groups is 1. The lowest BCUT2D eigenvalue weighted by atomic mass is 10.3. The number of halogens is 1. The summed E-state index contributed by atoms with van der Waals surface area (Å²) in [5, 5.41) is 0.00564. The normalized spacial score (nSPS) is 15.5. The minimum absolute atomic E-state index is 0.00564. The molecule has 16 heavy (non-hydrogen) atoms. The summed E-state index contributed by atoms with van der Waals surface area (Å²) in [4.78, 5) is 25.7. The fourth-order valence-electron chi connectivity index (χ4n) is 0.794. The highest BCUT2D eigenvalue weighted by Gasteiger charge is 2.34. The Bertz CT molecular complexity index is 470. The van der Waals surface area contributed by atoms with E-state index in [0.717, 1.165) is 0 Å². The average molecular weight is 289 g/mol. The summed E-state index contributed by atoms with van der Waals surface area (Å²) in [5.41, 5.74) is 0. The fourth-order valence-corrected chi connectivity index (χ4v) is 2.64. The molecule has 1 aromatic rings. The second-order valence-corrected chi connectivity index (χ2v) is 5.72. The van der Waals surface area contributed by atoms with Gasteiger partial charge in [0.2, 0.25) is 0 Å². The maximum absolute atomic E-state index is 11.1. The third-order valence-electron chi connectivity index (χ3n) is 1.26. The molecule has 1 unspecified atom stereocenters. The van der Waals surface area contributed by atoms with Gasteiger partial charge in [-0.3, -0.25) is 4.89 Å². The van der Waals surface area contributed by atoms with Crippen LogP contribution < -0.4 is 4.52 Å². The zero-order chi connectivity index (χ0) is 12.4. The molecule has 0 amide bonds. The molecule has 1 rings (SSSR count). The van der Waals surface area contributed by atoms with Crippen molar-refractivity contribution in [3.63, 3.8) is 0 Å². The van der Waals surface area contributed by atoms with Crippen LogP contribution in [0.5, 0.6) is 5.75 Å². The van der Waals surface area contributed by atoms with Gasteiger partial charge in [-0.2, -0.15) is 4.31 Å². The molecule has 0 spiro atoms. The Morgan fingerprint density at radius 1 is 1.12 bits per heavy atom. The third kappa shape index (κ3) is 4.63. The summed E-state index contributed by atoms with van der Waals surface area (Å²) < 4.78 is 29.4. The molecule has 0 aromatic heterocycles. The van der Waals surface area contributed by atoms with E-state index in [1.165, 1.54) is 18.2 Å². The number of para-hydroxylation sites is 1. The van der Waals surface area contributed by atoms with Crippen molar-refractivity contribution >= 4 is 27.2 Å². The Morgan fingerprint density at radius 2 is 1.69 bits per heavy atom. The summed E-state index contributed by atoms with van der Waals surface area (Å²) in [6.07, 6.45) is 0. The SMILES string of the molecule is O=P(O)(O)OP(=O)(O)Oc1ccccc1Cl. The molecule has 0 saturated heterocycles. The predicted molar refractivity (Wildman–Crippen MR) is 55.0 cm³/mol. The van der Waals surface area contributed by atoms with Gasteiger partial charge in [0.1, 0.15) is 5.75 Å². The number of hydrogen-bond acceptors (Lipinski definition) is 4. The van der Waals surface area contributed by atoms with E-state index in [4.69, 9.17) is 26.3 Å². The van der Waals surface area contributed by atoms with E-state index >= 15 is 0 Å². The first-order valence-electron chi connectivity index (χ1n) is 3.73. The third-order valence-corrected chi connectivity index (χ3v) is 3.68. The Hall–Kier alpha value is -0.390. The predicted octanol–water partition coefficient (Wildman–Crippen LogP) is 1.93. The molecule has 0 radical (unpaired) electrons. The first-order valence-corrected chi connectivity index (χ1v) is 7.14. The largest absolute Gasteiger partial charge is 0.536 e. The van der Waals surface area contributed by atoms with Crippen molar-refractivity contribution in [1.82, 2.24) is 0 Å². The molecule has 7 nitrogen and oxygen atoms in total. The van der Waals surface area contributed by atoms with Gasteiger partial charge in [-0.15, -0.1) is 0 Å². The standard InChI is InChI=1S/C6H7ClO7P2/c7-5-3-1-2-4-6(5)13-16(11,12)14-15(8,9)10/h1-4H,(H,11,12)(H2,8,9,10). The van der Waals surface area contributed by atoms with Crippen LogP contribution in [-0.4, -0.2) is 14.7 Å². The highest BCUT2D eigenvalue weighted by molar-refractivity contribution is 7.60. The highest BCUT2D eigenvalue weighted by Crippen LogP contribution is 2.57. The second-order valence-electron chi connectivity index (χ2n) is 2.56. The van der Waals surface area contributed by atoms with E-state index in [9.17, 15) is 9.13 Å². The molecule has 0 aliphatic carbocycles. The van der Waals surface area contributed by atoms with E-state index < -0.39 is 15.6 Å². The van der Waals surface area contributed by atoms with E-state index in [0.29, 0.717) is 0 Å². The highest BCUT2D eigenvalue weighted by atomic mass is 35.5. The van der Waals surface area contributed by atoms with Gasteiger partial charge in [0.05, 0.1) is 5.02 Å². The molecule has 0 heterocycles. The van der Waals surface area contributed by atoms with E-state index in [-0.39, 0.29) is 10.8 Å². The zero-order valence-corrected chi connectivity index (χ0v) is 10.1. The van der Waals surface area contributed by atoms with Gasteiger partial charge in [0, 0.05) is 0 Å². The Balaban J connectivity index is 2.85. The number of phosphoric acid groups is 2. The van der Waals surface area contributed by atoms with Crippen LogP contribution >= 0.6 is 27.2 Å². The minimum Gasteiger partial charge on any atom is -0.402 e. The van der Waals surface area contributed by atoms with Crippen LogP contribution in [0, 0.1) is 0 Å². The molecule has 0 aliphatic heterocycles. The molecule has 0 aliphatic rings. The molecule has 0 fully saturated rings. The van der Waals surface area contributed by atoms with Crippen LogP contribution in [0.15, 0.2) is 24.3 Å². The van der Waals surface area contributed by atoms with E-state index in [1.807, 2.05) is 0 Å². The minimum atomic E-state index is -5.12. The average Bonchev–Trinajstić information content (AvgIpc) is 2.04. The second kappa shape index (κ2) is 4.85. The summed E-state index contributed by atoms with van der Waals surface area (Å²) >= 11 is 5.59. The lowest BCUT2D eigenvalue weighted by Gasteiger charge is -2.13. The van der Waals surface area contributed by atoms with Crippen molar-refractivity contribution in [2.75, 3.05) is 0 Å². The van der Waals surface area contributed by atoms with Crippen LogP contribution in [0.1, 0.15) is 0 Å². The van der Waals surface area contributed by atoms with E-state index in [1.54, 1.807) is 6.07 Å². The molecule has 0 saturated carbocycles.